The summed E-state index contributed by atoms with van der Waals surface area (Å²) in [4.78, 5) is 9.26. The predicted molar refractivity (Wildman–Crippen MR) is 94.1 cm³/mol. The lowest BCUT2D eigenvalue weighted by Crippen LogP contribution is -2.46. The van der Waals surface area contributed by atoms with E-state index in [0.29, 0.717) is 18.3 Å². The summed E-state index contributed by atoms with van der Waals surface area (Å²) < 4.78 is 5.80. The molecule has 0 bridgehead atoms. The van der Waals surface area contributed by atoms with Crippen LogP contribution < -0.4 is 4.90 Å². The van der Waals surface area contributed by atoms with Crippen molar-refractivity contribution in [1.82, 2.24) is 20.1 Å². The highest BCUT2D eigenvalue weighted by Crippen LogP contribution is 2.22. The summed E-state index contributed by atoms with van der Waals surface area (Å²) in [5.74, 6) is 1.26. The molecule has 0 aliphatic carbocycles. The normalized spacial score (nSPS) is 15.8. The molecular formula is C17H19N5OS. The molecule has 1 aliphatic rings. The van der Waals surface area contributed by atoms with Crippen molar-refractivity contribution in [2.24, 2.45) is 0 Å². The predicted octanol–water partition coefficient (Wildman–Crippen LogP) is 2.82. The Balaban J connectivity index is 1.35. The number of piperazine rings is 1. The minimum absolute atomic E-state index is 0.586. The van der Waals surface area contributed by atoms with Gasteiger partial charge in [0.1, 0.15) is 0 Å². The first-order valence-corrected chi connectivity index (χ1v) is 8.93. The van der Waals surface area contributed by atoms with Crippen molar-refractivity contribution in [3.05, 3.63) is 47.3 Å². The van der Waals surface area contributed by atoms with Crippen LogP contribution in [0.4, 0.5) is 5.13 Å². The smallest absolute Gasteiger partial charge is 0.247 e. The molecule has 124 valence electrons. The minimum atomic E-state index is 0.586. The van der Waals surface area contributed by atoms with Crippen LogP contribution in [0.5, 0.6) is 0 Å². The van der Waals surface area contributed by atoms with E-state index in [9.17, 15) is 0 Å². The van der Waals surface area contributed by atoms with Gasteiger partial charge in [-0.3, -0.25) is 4.90 Å². The lowest BCUT2D eigenvalue weighted by molar-refractivity contribution is 0.227. The fourth-order valence-electron chi connectivity index (χ4n) is 2.79. The van der Waals surface area contributed by atoms with E-state index < -0.39 is 0 Å². The molecule has 1 aromatic carbocycles. The second-order valence-electron chi connectivity index (χ2n) is 5.90. The van der Waals surface area contributed by atoms with Crippen LogP contribution >= 0.6 is 11.3 Å². The molecule has 0 spiro atoms. The van der Waals surface area contributed by atoms with Crippen molar-refractivity contribution in [3.8, 4) is 11.5 Å². The van der Waals surface area contributed by atoms with E-state index in [-0.39, 0.29) is 0 Å². The third-order valence-electron chi connectivity index (χ3n) is 4.10. The Bertz CT molecular complexity index is 792. The van der Waals surface area contributed by atoms with Gasteiger partial charge in [0.05, 0.1) is 12.2 Å². The molecule has 4 rings (SSSR count). The van der Waals surface area contributed by atoms with Crippen molar-refractivity contribution in [2.45, 2.75) is 13.5 Å². The quantitative estimate of drug-likeness (QED) is 0.727. The first kappa shape index (κ1) is 15.3. The van der Waals surface area contributed by atoms with E-state index in [1.54, 1.807) is 11.3 Å². The summed E-state index contributed by atoms with van der Waals surface area (Å²) in [5.41, 5.74) is 2.05. The number of thiazole rings is 1. The Morgan fingerprint density at radius 2 is 1.88 bits per heavy atom. The van der Waals surface area contributed by atoms with Crippen molar-refractivity contribution >= 4 is 16.5 Å². The molecule has 1 fully saturated rings. The van der Waals surface area contributed by atoms with Gasteiger partial charge in [-0.05, 0) is 19.1 Å². The van der Waals surface area contributed by atoms with Crippen LogP contribution in [-0.2, 0) is 6.54 Å². The van der Waals surface area contributed by atoms with E-state index in [4.69, 9.17) is 4.42 Å². The zero-order valence-electron chi connectivity index (χ0n) is 13.6. The molecule has 2 aromatic heterocycles. The first-order chi connectivity index (χ1) is 11.8. The van der Waals surface area contributed by atoms with Crippen molar-refractivity contribution in [2.75, 3.05) is 31.1 Å². The summed E-state index contributed by atoms with van der Waals surface area (Å²) in [6.45, 7) is 6.64. The molecule has 6 nitrogen and oxygen atoms in total. The third kappa shape index (κ3) is 3.32. The van der Waals surface area contributed by atoms with Gasteiger partial charge in [-0.15, -0.1) is 21.5 Å². The Hall–Kier alpha value is -2.25. The molecule has 0 saturated carbocycles. The molecule has 0 radical (unpaired) electrons. The van der Waals surface area contributed by atoms with Crippen molar-refractivity contribution < 1.29 is 4.42 Å². The van der Waals surface area contributed by atoms with Gasteiger partial charge in [-0.1, -0.05) is 18.2 Å². The summed E-state index contributed by atoms with van der Waals surface area (Å²) in [6, 6.07) is 9.87. The maximum Gasteiger partial charge on any atom is 0.247 e. The zero-order valence-corrected chi connectivity index (χ0v) is 14.4. The molecule has 0 unspecified atom stereocenters. The topological polar surface area (TPSA) is 58.3 Å². The van der Waals surface area contributed by atoms with Crippen LogP contribution in [0.2, 0.25) is 0 Å². The molecule has 3 heterocycles. The van der Waals surface area contributed by atoms with E-state index in [0.717, 1.165) is 42.6 Å². The molecule has 1 aliphatic heterocycles. The average molecular weight is 341 g/mol. The highest BCUT2D eigenvalue weighted by atomic mass is 32.1. The van der Waals surface area contributed by atoms with Crippen LogP contribution in [-0.4, -0.2) is 46.3 Å². The number of hydrogen-bond donors (Lipinski definition) is 0. The van der Waals surface area contributed by atoms with Crippen LogP contribution in [0, 0.1) is 6.92 Å². The lowest BCUT2D eigenvalue weighted by Gasteiger charge is -2.33. The molecule has 1 saturated heterocycles. The summed E-state index contributed by atoms with van der Waals surface area (Å²) >= 11 is 1.72. The molecule has 0 atom stereocenters. The van der Waals surface area contributed by atoms with Crippen molar-refractivity contribution in [3.63, 3.8) is 0 Å². The van der Waals surface area contributed by atoms with Gasteiger partial charge in [0.2, 0.25) is 11.8 Å². The number of aromatic nitrogens is 3. The van der Waals surface area contributed by atoms with Crippen LogP contribution in [0.1, 0.15) is 11.6 Å². The van der Waals surface area contributed by atoms with Crippen LogP contribution in [0.15, 0.2) is 40.1 Å². The van der Waals surface area contributed by atoms with Gasteiger partial charge in [0.15, 0.2) is 5.13 Å². The van der Waals surface area contributed by atoms with Gasteiger partial charge >= 0.3 is 0 Å². The van der Waals surface area contributed by atoms with Gasteiger partial charge in [-0.2, -0.15) is 0 Å². The first-order valence-electron chi connectivity index (χ1n) is 8.05. The molecule has 24 heavy (non-hydrogen) atoms. The Morgan fingerprint density at radius 1 is 1.08 bits per heavy atom. The lowest BCUT2D eigenvalue weighted by atomic mass is 10.2. The molecule has 7 heteroatoms. The number of benzene rings is 1. The van der Waals surface area contributed by atoms with Gasteiger partial charge in [0, 0.05) is 37.1 Å². The van der Waals surface area contributed by atoms with Gasteiger partial charge < -0.3 is 9.32 Å². The summed E-state index contributed by atoms with van der Waals surface area (Å²) in [5, 5.41) is 11.6. The van der Waals surface area contributed by atoms with Crippen LogP contribution in [0.3, 0.4) is 0 Å². The monoisotopic (exact) mass is 341 g/mol. The fourth-order valence-corrected chi connectivity index (χ4v) is 3.65. The van der Waals surface area contributed by atoms with E-state index >= 15 is 0 Å². The number of aryl methyl sites for hydroxylation is 1. The van der Waals surface area contributed by atoms with Gasteiger partial charge in [0.25, 0.3) is 0 Å². The van der Waals surface area contributed by atoms with Gasteiger partial charge in [-0.25, -0.2) is 4.98 Å². The highest BCUT2D eigenvalue weighted by molar-refractivity contribution is 7.13. The molecule has 0 N–H and O–H groups in total. The Labute approximate surface area is 144 Å². The maximum atomic E-state index is 5.80. The van der Waals surface area contributed by atoms with E-state index in [2.05, 4.69) is 30.4 Å². The maximum absolute atomic E-state index is 5.80. The summed E-state index contributed by atoms with van der Waals surface area (Å²) in [6.07, 6.45) is 0. The molecule has 0 amide bonds. The van der Waals surface area contributed by atoms with E-state index in [1.807, 2.05) is 37.3 Å². The minimum Gasteiger partial charge on any atom is -0.419 e. The second kappa shape index (κ2) is 6.70. The zero-order chi connectivity index (χ0) is 16.4. The number of anilines is 1. The third-order valence-corrected chi connectivity index (χ3v) is 5.12. The van der Waals surface area contributed by atoms with Crippen molar-refractivity contribution in [1.29, 1.82) is 0 Å². The van der Waals surface area contributed by atoms with E-state index in [1.165, 1.54) is 0 Å². The average Bonchev–Trinajstić information content (AvgIpc) is 3.26. The molecular weight excluding hydrogens is 322 g/mol. The second-order valence-corrected chi connectivity index (χ2v) is 6.74. The SMILES string of the molecule is Cc1csc(N2CCN(Cc3nnc(-c4ccccc4)o3)CC2)n1. The highest BCUT2D eigenvalue weighted by Gasteiger charge is 2.21. The molecule has 3 aromatic rings. The summed E-state index contributed by atoms with van der Waals surface area (Å²) in [7, 11) is 0. The standard InChI is InChI=1S/C17H19N5OS/c1-13-12-24-17(18-13)22-9-7-21(8-10-22)11-15-19-20-16(23-15)14-5-3-2-4-6-14/h2-6,12H,7-11H2,1H3. The number of rotatable bonds is 4. The number of hydrogen-bond acceptors (Lipinski definition) is 7. The van der Waals surface area contributed by atoms with Crippen LogP contribution in [0.25, 0.3) is 11.5 Å². The largest absolute Gasteiger partial charge is 0.419 e. The Morgan fingerprint density at radius 3 is 2.58 bits per heavy atom. The number of nitrogens with zero attached hydrogens (tertiary/aromatic N) is 5. The Kier molecular flexibility index (Phi) is 4.27. The fraction of sp³-hybridized carbons (Fsp3) is 0.353.